The van der Waals surface area contributed by atoms with Crippen LogP contribution in [-0.2, 0) is 13.1 Å². The maximum atomic E-state index is 12.6. The molecule has 0 fully saturated rings. The van der Waals surface area contributed by atoms with Gasteiger partial charge in [-0.15, -0.1) is 0 Å². The highest BCUT2D eigenvalue weighted by Gasteiger charge is 2.15. The molecule has 0 aliphatic carbocycles. The largest absolute Gasteiger partial charge is 0.444 e. The lowest BCUT2D eigenvalue weighted by Gasteiger charge is -1.99. The minimum absolute atomic E-state index is 0.00782. The van der Waals surface area contributed by atoms with E-state index in [2.05, 4.69) is 11.9 Å². The second kappa shape index (κ2) is 5.24. The summed E-state index contributed by atoms with van der Waals surface area (Å²) < 4.78 is 9.16. The number of hydrogen-bond donors (Lipinski definition) is 0. The van der Waals surface area contributed by atoms with Crippen LogP contribution >= 0.6 is 0 Å². The van der Waals surface area contributed by atoms with E-state index >= 15 is 0 Å². The zero-order valence-corrected chi connectivity index (χ0v) is 12.6. The number of imidazole rings is 1. The summed E-state index contributed by atoms with van der Waals surface area (Å²) in [5, 5.41) is 0. The van der Waals surface area contributed by atoms with E-state index in [0.717, 1.165) is 35.5 Å². The Morgan fingerprint density at radius 1 is 1.14 bits per heavy atom. The summed E-state index contributed by atoms with van der Waals surface area (Å²) in [6.07, 6.45) is 0.922. The molecule has 3 aromatic rings. The van der Waals surface area contributed by atoms with Crippen molar-refractivity contribution in [2.45, 2.75) is 40.3 Å². The Bertz CT molecular complexity index is 819. The molecule has 1 aromatic carbocycles. The Labute approximate surface area is 122 Å². The van der Waals surface area contributed by atoms with E-state index < -0.39 is 0 Å². The minimum atomic E-state index is -0.00782. The fourth-order valence-corrected chi connectivity index (χ4v) is 2.61. The van der Waals surface area contributed by atoms with Gasteiger partial charge in [0.05, 0.1) is 16.7 Å². The Hall–Kier alpha value is -2.30. The van der Waals surface area contributed by atoms with E-state index in [1.807, 2.05) is 42.7 Å². The normalized spacial score (nSPS) is 11.4. The highest BCUT2D eigenvalue weighted by molar-refractivity contribution is 5.76. The lowest BCUT2D eigenvalue weighted by Crippen LogP contribution is -2.24. The second-order valence-corrected chi connectivity index (χ2v) is 5.26. The highest BCUT2D eigenvalue weighted by Crippen LogP contribution is 2.16. The third-order valence-corrected chi connectivity index (χ3v) is 3.74. The van der Waals surface area contributed by atoms with Gasteiger partial charge in [0.2, 0.25) is 5.89 Å². The van der Waals surface area contributed by atoms with Crippen LogP contribution in [0.4, 0.5) is 0 Å². The first-order valence-corrected chi connectivity index (χ1v) is 7.22. The molecule has 0 aliphatic heterocycles. The van der Waals surface area contributed by atoms with Crippen molar-refractivity contribution in [3.8, 4) is 0 Å². The van der Waals surface area contributed by atoms with Crippen LogP contribution in [0.1, 0.15) is 30.7 Å². The molecule has 110 valence electrons. The molecule has 2 heterocycles. The Morgan fingerprint density at radius 3 is 2.38 bits per heavy atom. The molecule has 3 rings (SSSR count). The summed E-state index contributed by atoms with van der Waals surface area (Å²) in [6, 6.07) is 7.85. The van der Waals surface area contributed by atoms with Crippen LogP contribution in [-0.4, -0.2) is 14.1 Å². The molecule has 0 radical (unpaired) electrons. The molecule has 0 saturated heterocycles. The molecule has 0 N–H and O–H groups in total. The highest BCUT2D eigenvalue weighted by atomic mass is 16.4. The molecule has 5 heteroatoms. The summed E-state index contributed by atoms with van der Waals surface area (Å²) in [5.41, 5.74) is 2.75. The zero-order chi connectivity index (χ0) is 15.0. The number of oxazole rings is 1. The molecule has 0 aliphatic rings. The van der Waals surface area contributed by atoms with Crippen molar-refractivity contribution in [2.75, 3.05) is 0 Å². The quantitative estimate of drug-likeness (QED) is 0.740. The smallest absolute Gasteiger partial charge is 0.329 e. The van der Waals surface area contributed by atoms with Gasteiger partial charge in [0, 0.05) is 6.54 Å². The van der Waals surface area contributed by atoms with Gasteiger partial charge in [-0.1, -0.05) is 19.1 Å². The number of aryl methyl sites for hydroxylation is 3. The predicted molar refractivity (Wildman–Crippen MR) is 81.6 cm³/mol. The first-order chi connectivity index (χ1) is 10.1. The van der Waals surface area contributed by atoms with Gasteiger partial charge in [-0.3, -0.25) is 9.13 Å². The monoisotopic (exact) mass is 285 g/mol. The maximum absolute atomic E-state index is 12.6. The molecule has 0 bridgehead atoms. The Balaban J connectivity index is 2.13. The van der Waals surface area contributed by atoms with Crippen LogP contribution in [0.5, 0.6) is 0 Å². The molecule has 0 amide bonds. The van der Waals surface area contributed by atoms with Crippen LogP contribution in [0.25, 0.3) is 11.0 Å². The van der Waals surface area contributed by atoms with Gasteiger partial charge in [0.1, 0.15) is 12.3 Å². The average molecular weight is 285 g/mol. The van der Waals surface area contributed by atoms with Gasteiger partial charge >= 0.3 is 5.69 Å². The summed E-state index contributed by atoms with van der Waals surface area (Å²) in [6.45, 7) is 6.94. The van der Waals surface area contributed by atoms with Crippen molar-refractivity contribution in [1.82, 2.24) is 14.1 Å². The van der Waals surface area contributed by atoms with Crippen LogP contribution in [0, 0.1) is 13.8 Å². The van der Waals surface area contributed by atoms with Gasteiger partial charge in [-0.05, 0) is 32.4 Å². The van der Waals surface area contributed by atoms with E-state index in [4.69, 9.17) is 4.42 Å². The molecule has 0 atom stereocenters. The van der Waals surface area contributed by atoms with Crippen molar-refractivity contribution in [1.29, 1.82) is 0 Å². The summed E-state index contributed by atoms with van der Waals surface area (Å²) in [5.74, 6) is 1.38. The number of rotatable bonds is 4. The molecule has 2 aromatic heterocycles. The maximum Gasteiger partial charge on any atom is 0.329 e. The van der Waals surface area contributed by atoms with Crippen molar-refractivity contribution >= 4 is 11.0 Å². The SMILES string of the molecule is CCCn1c(=O)n(Cc2nc(C)c(C)o2)c2ccccc21. The lowest BCUT2D eigenvalue weighted by atomic mass is 10.3. The predicted octanol–water partition coefficient (Wildman–Crippen LogP) is 2.87. The number of benzene rings is 1. The first kappa shape index (κ1) is 13.7. The third-order valence-electron chi connectivity index (χ3n) is 3.74. The molecule has 0 saturated carbocycles. The van der Waals surface area contributed by atoms with Gasteiger partial charge < -0.3 is 4.42 Å². The molecular weight excluding hydrogens is 266 g/mol. The van der Waals surface area contributed by atoms with E-state index in [0.29, 0.717) is 12.4 Å². The standard InChI is InChI=1S/C16H19N3O2/c1-4-9-18-13-7-5-6-8-14(13)19(16(18)20)10-15-17-11(2)12(3)21-15/h5-8H,4,9-10H2,1-3H3. The van der Waals surface area contributed by atoms with E-state index in [9.17, 15) is 4.79 Å². The number of hydrogen-bond acceptors (Lipinski definition) is 3. The minimum Gasteiger partial charge on any atom is -0.444 e. The van der Waals surface area contributed by atoms with E-state index in [-0.39, 0.29) is 5.69 Å². The van der Waals surface area contributed by atoms with Crippen LogP contribution in [0.15, 0.2) is 33.5 Å². The van der Waals surface area contributed by atoms with Crippen molar-refractivity contribution in [3.05, 3.63) is 52.1 Å². The van der Waals surface area contributed by atoms with Crippen LogP contribution < -0.4 is 5.69 Å². The fraction of sp³-hybridized carbons (Fsp3) is 0.375. The van der Waals surface area contributed by atoms with Crippen LogP contribution in [0.3, 0.4) is 0 Å². The van der Waals surface area contributed by atoms with E-state index in [1.54, 1.807) is 4.57 Å². The average Bonchev–Trinajstić information content (AvgIpc) is 2.92. The topological polar surface area (TPSA) is 53.0 Å². The lowest BCUT2D eigenvalue weighted by molar-refractivity contribution is 0.454. The number of fused-ring (bicyclic) bond motifs is 1. The van der Waals surface area contributed by atoms with Crippen molar-refractivity contribution < 1.29 is 4.42 Å². The van der Waals surface area contributed by atoms with Crippen molar-refractivity contribution in [3.63, 3.8) is 0 Å². The van der Waals surface area contributed by atoms with Gasteiger partial charge in [-0.25, -0.2) is 9.78 Å². The van der Waals surface area contributed by atoms with E-state index in [1.165, 1.54) is 0 Å². The Kier molecular flexibility index (Phi) is 3.41. The second-order valence-electron chi connectivity index (χ2n) is 5.26. The van der Waals surface area contributed by atoms with Gasteiger partial charge in [0.15, 0.2) is 0 Å². The molecule has 21 heavy (non-hydrogen) atoms. The van der Waals surface area contributed by atoms with Crippen LogP contribution in [0.2, 0.25) is 0 Å². The van der Waals surface area contributed by atoms with Crippen molar-refractivity contribution in [2.24, 2.45) is 0 Å². The first-order valence-electron chi connectivity index (χ1n) is 7.22. The molecule has 0 unspecified atom stereocenters. The molecule has 0 spiro atoms. The zero-order valence-electron chi connectivity index (χ0n) is 12.6. The Morgan fingerprint density at radius 2 is 1.81 bits per heavy atom. The number of aromatic nitrogens is 3. The van der Waals surface area contributed by atoms with Gasteiger partial charge in [-0.2, -0.15) is 0 Å². The summed E-state index contributed by atoms with van der Waals surface area (Å²) >= 11 is 0. The summed E-state index contributed by atoms with van der Waals surface area (Å²) in [4.78, 5) is 17.0. The summed E-state index contributed by atoms with van der Waals surface area (Å²) in [7, 11) is 0. The molecular formula is C16H19N3O2. The number of nitrogens with zero attached hydrogens (tertiary/aromatic N) is 3. The fourth-order valence-electron chi connectivity index (χ4n) is 2.61. The molecule has 5 nitrogen and oxygen atoms in total. The number of para-hydroxylation sites is 2. The van der Waals surface area contributed by atoms with Gasteiger partial charge in [0.25, 0.3) is 0 Å². The third kappa shape index (κ3) is 2.28.